The molecule has 0 N–H and O–H groups in total. The van der Waals surface area contributed by atoms with E-state index in [0.717, 1.165) is 28.0 Å². The van der Waals surface area contributed by atoms with E-state index in [1.807, 2.05) is 31.0 Å². The number of aryl methyl sites for hydroxylation is 1. The Labute approximate surface area is 149 Å². The molecule has 5 nitrogen and oxygen atoms in total. The SMILES string of the molecule is CCN(C)/C=N/c1cc(Br)c(OCc2ccnc(Cl)c2)nc1C. The Morgan fingerprint density at radius 3 is 2.91 bits per heavy atom. The lowest BCUT2D eigenvalue weighted by Gasteiger charge is -2.11. The standard InChI is InChI=1S/C16H18BrClN4O/c1-4-22(3)10-20-14-8-13(17)16(21-11(14)2)23-9-12-5-6-19-15(18)7-12/h5-8,10H,4,9H2,1-3H3/b20-10+. The zero-order valence-corrected chi connectivity index (χ0v) is 15.6. The van der Waals surface area contributed by atoms with Crippen LogP contribution >= 0.6 is 27.5 Å². The van der Waals surface area contributed by atoms with Gasteiger partial charge < -0.3 is 9.64 Å². The van der Waals surface area contributed by atoms with Crippen molar-refractivity contribution in [2.75, 3.05) is 13.6 Å². The van der Waals surface area contributed by atoms with Crippen LogP contribution in [0.25, 0.3) is 0 Å². The number of nitrogens with zero attached hydrogens (tertiary/aromatic N) is 4. The highest BCUT2D eigenvalue weighted by atomic mass is 79.9. The topological polar surface area (TPSA) is 50.6 Å². The molecule has 0 unspecified atom stereocenters. The molecule has 2 aromatic heterocycles. The summed E-state index contributed by atoms with van der Waals surface area (Å²) >= 11 is 9.34. The molecule has 122 valence electrons. The van der Waals surface area contributed by atoms with E-state index in [0.29, 0.717) is 17.6 Å². The minimum atomic E-state index is 0.370. The number of hydrogen-bond acceptors (Lipinski definition) is 4. The lowest BCUT2D eigenvalue weighted by Crippen LogP contribution is -2.14. The van der Waals surface area contributed by atoms with E-state index >= 15 is 0 Å². The Bertz CT molecular complexity index is 708. The number of hydrogen-bond donors (Lipinski definition) is 0. The summed E-state index contributed by atoms with van der Waals surface area (Å²) in [6.45, 7) is 5.23. The Balaban J connectivity index is 2.12. The molecular weight excluding hydrogens is 380 g/mol. The molecule has 0 saturated carbocycles. The smallest absolute Gasteiger partial charge is 0.228 e. The largest absolute Gasteiger partial charge is 0.472 e. The molecule has 0 saturated heterocycles. The van der Waals surface area contributed by atoms with Crippen LogP contribution in [-0.4, -0.2) is 34.8 Å². The van der Waals surface area contributed by atoms with Crippen molar-refractivity contribution in [3.8, 4) is 5.88 Å². The number of pyridine rings is 2. The Kier molecular flexibility index (Phi) is 6.36. The first-order valence-electron chi connectivity index (χ1n) is 7.14. The van der Waals surface area contributed by atoms with E-state index in [-0.39, 0.29) is 0 Å². The van der Waals surface area contributed by atoms with Crippen LogP contribution in [0.2, 0.25) is 5.15 Å². The maximum Gasteiger partial charge on any atom is 0.228 e. The van der Waals surface area contributed by atoms with E-state index < -0.39 is 0 Å². The van der Waals surface area contributed by atoms with Crippen LogP contribution in [0.1, 0.15) is 18.2 Å². The second-order valence-electron chi connectivity index (χ2n) is 4.97. The summed E-state index contributed by atoms with van der Waals surface area (Å²) in [6.07, 6.45) is 3.44. The maximum atomic E-state index is 5.86. The van der Waals surface area contributed by atoms with Gasteiger partial charge in [0, 0.05) is 19.8 Å². The van der Waals surface area contributed by atoms with Crippen molar-refractivity contribution >= 4 is 39.6 Å². The highest BCUT2D eigenvalue weighted by Gasteiger charge is 2.09. The summed E-state index contributed by atoms with van der Waals surface area (Å²) in [5, 5.41) is 0.444. The van der Waals surface area contributed by atoms with Gasteiger partial charge in [-0.1, -0.05) is 11.6 Å². The van der Waals surface area contributed by atoms with E-state index in [4.69, 9.17) is 16.3 Å². The minimum absolute atomic E-state index is 0.370. The average molecular weight is 398 g/mol. The van der Waals surface area contributed by atoms with Gasteiger partial charge in [-0.15, -0.1) is 0 Å². The van der Waals surface area contributed by atoms with E-state index in [2.05, 4.69) is 37.8 Å². The van der Waals surface area contributed by atoms with Crippen LogP contribution in [0.3, 0.4) is 0 Å². The Morgan fingerprint density at radius 2 is 2.22 bits per heavy atom. The fourth-order valence-electron chi connectivity index (χ4n) is 1.71. The van der Waals surface area contributed by atoms with Crippen LogP contribution in [0.5, 0.6) is 5.88 Å². The molecule has 0 aromatic carbocycles. The molecule has 0 aliphatic rings. The minimum Gasteiger partial charge on any atom is -0.472 e. The molecule has 2 aromatic rings. The summed E-state index contributed by atoms with van der Waals surface area (Å²) < 4.78 is 6.51. The molecule has 0 aliphatic carbocycles. The number of ether oxygens (including phenoxy) is 1. The quantitative estimate of drug-likeness (QED) is 0.412. The number of halogens is 2. The first kappa shape index (κ1) is 17.7. The third-order valence-corrected chi connectivity index (χ3v) is 3.94. The van der Waals surface area contributed by atoms with Crippen molar-refractivity contribution in [3.63, 3.8) is 0 Å². The zero-order valence-electron chi connectivity index (χ0n) is 13.3. The Hall–Kier alpha value is -1.66. The molecule has 0 radical (unpaired) electrons. The van der Waals surface area contributed by atoms with E-state index in [9.17, 15) is 0 Å². The van der Waals surface area contributed by atoms with Crippen molar-refractivity contribution in [2.24, 2.45) is 4.99 Å². The summed E-state index contributed by atoms with van der Waals surface area (Å²) in [5.74, 6) is 0.526. The van der Waals surface area contributed by atoms with Crippen LogP contribution < -0.4 is 4.74 Å². The second kappa shape index (κ2) is 8.26. The van der Waals surface area contributed by atoms with Crippen molar-refractivity contribution < 1.29 is 4.74 Å². The molecule has 2 rings (SSSR count). The molecule has 0 spiro atoms. The first-order valence-corrected chi connectivity index (χ1v) is 8.31. The number of rotatable bonds is 6. The van der Waals surface area contributed by atoms with Crippen LogP contribution in [0.4, 0.5) is 5.69 Å². The molecule has 0 aliphatic heterocycles. The molecule has 7 heteroatoms. The van der Waals surface area contributed by atoms with Crippen molar-refractivity contribution in [1.82, 2.24) is 14.9 Å². The molecule has 0 amide bonds. The number of aliphatic imine (C=N–C) groups is 1. The van der Waals surface area contributed by atoms with Gasteiger partial charge in [0.2, 0.25) is 5.88 Å². The van der Waals surface area contributed by atoms with Gasteiger partial charge in [0.25, 0.3) is 0 Å². The number of aromatic nitrogens is 2. The van der Waals surface area contributed by atoms with Crippen molar-refractivity contribution in [1.29, 1.82) is 0 Å². The summed E-state index contributed by atoms with van der Waals surface area (Å²) in [5.41, 5.74) is 2.54. The molecule has 0 fully saturated rings. The highest BCUT2D eigenvalue weighted by molar-refractivity contribution is 9.10. The highest BCUT2D eigenvalue weighted by Crippen LogP contribution is 2.30. The lowest BCUT2D eigenvalue weighted by molar-refractivity contribution is 0.291. The van der Waals surface area contributed by atoms with Crippen LogP contribution in [0.15, 0.2) is 33.9 Å². The van der Waals surface area contributed by atoms with Gasteiger partial charge in [-0.05, 0) is 53.5 Å². The van der Waals surface area contributed by atoms with E-state index in [1.54, 1.807) is 18.6 Å². The van der Waals surface area contributed by atoms with Crippen LogP contribution in [-0.2, 0) is 6.61 Å². The third kappa shape index (κ3) is 5.18. The van der Waals surface area contributed by atoms with Gasteiger partial charge in [-0.25, -0.2) is 15.0 Å². The zero-order chi connectivity index (χ0) is 16.8. The predicted octanol–water partition coefficient (Wildman–Crippen LogP) is 4.39. The summed E-state index contributed by atoms with van der Waals surface area (Å²) in [4.78, 5) is 14.8. The van der Waals surface area contributed by atoms with Gasteiger partial charge in [-0.3, -0.25) is 0 Å². The molecule has 2 heterocycles. The molecule has 23 heavy (non-hydrogen) atoms. The van der Waals surface area contributed by atoms with Gasteiger partial charge in [0.15, 0.2) is 0 Å². The van der Waals surface area contributed by atoms with Crippen molar-refractivity contribution in [3.05, 3.63) is 45.3 Å². The maximum absolute atomic E-state index is 5.86. The van der Waals surface area contributed by atoms with Crippen LogP contribution in [0, 0.1) is 6.92 Å². The molecular formula is C16H18BrClN4O. The fraction of sp³-hybridized carbons (Fsp3) is 0.312. The predicted molar refractivity (Wildman–Crippen MR) is 96.7 cm³/mol. The fourth-order valence-corrected chi connectivity index (χ4v) is 2.32. The van der Waals surface area contributed by atoms with E-state index in [1.165, 1.54) is 0 Å². The van der Waals surface area contributed by atoms with Gasteiger partial charge in [-0.2, -0.15) is 0 Å². The summed E-state index contributed by atoms with van der Waals surface area (Å²) in [7, 11) is 1.97. The van der Waals surface area contributed by atoms with Gasteiger partial charge in [0.05, 0.1) is 22.2 Å². The monoisotopic (exact) mass is 396 g/mol. The molecule has 0 bridgehead atoms. The second-order valence-corrected chi connectivity index (χ2v) is 6.21. The lowest BCUT2D eigenvalue weighted by atomic mass is 10.3. The normalized spacial score (nSPS) is 11.0. The third-order valence-electron chi connectivity index (χ3n) is 3.17. The van der Waals surface area contributed by atoms with Gasteiger partial charge >= 0.3 is 0 Å². The summed E-state index contributed by atoms with van der Waals surface area (Å²) in [6, 6.07) is 5.52. The molecule has 0 atom stereocenters. The average Bonchev–Trinajstić information content (AvgIpc) is 2.53. The van der Waals surface area contributed by atoms with Crippen molar-refractivity contribution in [2.45, 2.75) is 20.5 Å². The Morgan fingerprint density at radius 1 is 1.43 bits per heavy atom. The first-order chi connectivity index (χ1) is 11.0. The van der Waals surface area contributed by atoms with Gasteiger partial charge in [0.1, 0.15) is 11.8 Å².